The number of aromatic nitrogens is 1. The van der Waals surface area contributed by atoms with E-state index in [-0.39, 0.29) is 35.2 Å². The predicted octanol–water partition coefficient (Wildman–Crippen LogP) is 3.94. The zero-order valence-electron chi connectivity index (χ0n) is 20.6. The second-order valence-electron chi connectivity index (χ2n) is 10.6. The molecule has 2 saturated carbocycles. The molecule has 1 aliphatic heterocycles. The Kier molecular flexibility index (Phi) is 6.51. The van der Waals surface area contributed by atoms with Crippen LogP contribution >= 0.6 is 0 Å². The highest BCUT2D eigenvalue weighted by molar-refractivity contribution is 6.02. The Morgan fingerprint density at radius 2 is 2.00 bits per heavy atom. The van der Waals surface area contributed by atoms with Gasteiger partial charge in [-0.1, -0.05) is 25.5 Å². The molecule has 3 aliphatic rings. The van der Waals surface area contributed by atoms with E-state index in [1.165, 1.54) is 0 Å². The average molecular weight is 478 g/mol. The molecule has 1 aromatic heterocycles. The van der Waals surface area contributed by atoms with E-state index in [1.807, 2.05) is 31.2 Å². The normalized spacial score (nSPS) is 26.8. The van der Waals surface area contributed by atoms with Crippen molar-refractivity contribution in [2.75, 3.05) is 6.54 Å². The molecule has 2 heterocycles. The minimum absolute atomic E-state index is 0.0528. The molecule has 0 bridgehead atoms. The van der Waals surface area contributed by atoms with Gasteiger partial charge in [-0.25, -0.2) is 0 Å². The highest BCUT2D eigenvalue weighted by Gasteiger charge is 2.50. The summed E-state index contributed by atoms with van der Waals surface area (Å²) in [6, 6.07) is 6.54. The maximum Gasteiger partial charge on any atom is 0.271 e. The minimum Gasteiger partial charge on any atom is -0.351 e. The van der Waals surface area contributed by atoms with Crippen molar-refractivity contribution in [3.63, 3.8) is 0 Å². The topological polar surface area (TPSA) is 99.3 Å². The van der Waals surface area contributed by atoms with Crippen LogP contribution in [-0.2, 0) is 14.4 Å². The van der Waals surface area contributed by atoms with E-state index in [0.717, 1.165) is 48.6 Å². The molecule has 0 radical (unpaired) electrons. The first-order valence-corrected chi connectivity index (χ1v) is 13.1. The van der Waals surface area contributed by atoms with Crippen molar-refractivity contribution in [2.24, 2.45) is 17.8 Å². The zero-order valence-corrected chi connectivity index (χ0v) is 20.6. The van der Waals surface area contributed by atoms with Gasteiger partial charge in [-0.3, -0.25) is 19.2 Å². The third-order valence-electron chi connectivity index (χ3n) is 8.54. The number of carbonyl (C=O) groups is 4. The lowest BCUT2D eigenvalue weighted by molar-refractivity contribution is -0.131. The van der Waals surface area contributed by atoms with Crippen molar-refractivity contribution < 1.29 is 19.2 Å². The fourth-order valence-corrected chi connectivity index (χ4v) is 6.62. The lowest BCUT2D eigenvalue weighted by Crippen LogP contribution is -2.53. The molecular weight excluding hydrogens is 442 g/mol. The standard InChI is InChI=1S/C28H35N3O4/c1-3-24(32)22(13-17-8-6-12-25(17)33)30-27(34)26-19-10-5-9-18(19)15-31(26)28(35)23-14-20-16(2)7-4-11-21(20)29-23/h4,7,11,14,17-19,22,26,29H,3,5-6,8-10,12-13,15H2,1-2H3,(H,30,34). The van der Waals surface area contributed by atoms with E-state index < -0.39 is 12.1 Å². The number of likely N-dealkylation sites (tertiary alicyclic amines) is 1. The highest BCUT2D eigenvalue weighted by Crippen LogP contribution is 2.43. The van der Waals surface area contributed by atoms with Crippen LogP contribution in [0.2, 0.25) is 0 Å². The van der Waals surface area contributed by atoms with Crippen LogP contribution in [-0.4, -0.2) is 51.9 Å². The molecule has 5 unspecified atom stereocenters. The van der Waals surface area contributed by atoms with Gasteiger partial charge in [0.1, 0.15) is 17.5 Å². The number of hydrogen-bond donors (Lipinski definition) is 2. The van der Waals surface area contributed by atoms with Crippen LogP contribution in [0, 0.1) is 24.7 Å². The van der Waals surface area contributed by atoms with Gasteiger partial charge in [0.25, 0.3) is 5.91 Å². The van der Waals surface area contributed by atoms with Gasteiger partial charge < -0.3 is 15.2 Å². The summed E-state index contributed by atoms with van der Waals surface area (Å²) in [5.74, 6) is -0.0328. The van der Waals surface area contributed by atoms with Gasteiger partial charge in [0.15, 0.2) is 5.78 Å². The van der Waals surface area contributed by atoms with E-state index in [9.17, 15) is 19.2 Å². The molecule has 2 aliphatic carbocycles. The molecule has 2 N–H and O–H groups in total. The highest BCUT2D eigenvalue weighted by atomic mass is 16.2. The number of hydrogen-bond acceptors (Lipinski definition) is 4. The smallest absolute Gasteiger partial charge is 0.271 e. The average Bonchev–Trinajstić information content (AvgIpc) is 3.61. The number of fused-ring (bicyclic) bond motifs is 2. The lowest BCUT2D eigenvalue weighted by Gasteiger charge is -2.29. The lowest BCUT2D eigenvalue weighted by atomic mass is 9.91. The van der Waals surface area contributed by atoms with Crippen LogP contribution in [0.1, 0.15) is 74.3 Å². The number of carbonyl (C=O) groups excluding carboxylic acids is 4. The van der Waals surface area contributed by atoms with Gasteiger partial charge in [-0.05, 0) is 68.6 Å². The maximum atomic E-state index is 13.7. The van der Waals surface area contributed by atoms with E-state index in [4.69, 9.17) is 0 Å². The summed E-state index contributed by atoms with van der Waals surface area (Å²) in [6.45, 7) is 4.36. The Hall–Kier alpha value is -2.96. The number of rotatable bonds is 7. The number of H-pyrrole nitrogens is 1. The first kappa shape index (κ1) is 23.8. The van der Waals surface area contributed by atoms with Gasteiger partial charge in [0.05, 0.1) is 6.04 Å². The van der Waals surface area contributed by atoms with Crippen LogP contribution in [0.3, 0.4) is 0 Å². The number of nitrogens with zero attached hydrogens (tertiary/aromatic N) is 1. The van der Waals surface area contributed by atoms with Gasteiger partial charge >= 0.3 is 0 Å². The second kappa shape index (κ2) is 9.59. The van der Waals surface area contributed by atoms with E-state index in [0.29, 0.717) is 37.4 Å². The molecule has 5 atom stereocenters. The van der Waals surface area contributed by atoms with Gasteiger partial charge in [0.2, 0.25) is 5.91 Å². The van der Waals surface area contributed by atoms with Crippen LogP contribution < -0.4 is 5.32 Å². The Balaban J connectivity index is 1.39. The van der Waals surface area contributed by atoms with Crippen LogP contribution in [0.4, 0.5) is 0 Å². The third kappa shape index (κ3) is 4.41. The summed E-state index contributed by atoms with van der Waals surface area (Å²) < 4.78 is 0. The summed E-state index contributed by atoms with van der Waals surface area (Å²) in [4.78, 5) is 57.3. The van der Waals surface area contributed by atoms with E-state index >= 15 is 0 Å². The van der Waals surface area contributed by atoms with E-state index in [1.54, 1.807) is 11.8 Å². The monoisotopic (exact) mass is 477 g/mol. The largest absolute Gasteiger partial charge is 0.351 e. The summed E-state index contributed by atoms with van der Waals surface area (Å²) in [5.41, 5.74) is 2.49. The molecule has 0 spiro atoms. The molecule has 1 saturated heterocycles. The SMILES string of the molecule is CCC(=O)C(CC1CCCC1=O)NC(=O)C1C2CCCC2CN1C(=O)c1cc2c(C)cccc2[nH]1. The summed E-state index contributed by atoms with van der Waals surface area (Å²) >= 11 is 0. The molecule has 3 fully saturated rings. The quantitative estimate of drug-likeness (QED) is 0.631. The first-order valence-electron chi connectivity index (χ1n) is 13.1. The number of ketones is 2. The molecule has 35 heavy (non-hydrogen) atoms. The zero-order chi connectivity index (χ0) is 24.7. The Morgan fingerprint density at radius 1 is 1.17 bits per heavy atom. The van der Waals surface area contributed by atoms with Crippen molar-refractivity contribution >= 4 is 34.3 Å². The predicted molar refractivity (Wildman–Crippen MR) is 133 cm³/mol. The van der Waals surface area contributed by atoms with Gasteiger partial charge in [-0.2, -0.15) is 0 Å². The van der Waals surface area contributed by atoms with Gasteiger partial charge in [-0.15, -0.1) is 0 Å². The second-order valence-corrected chi connectivity index (χ2v) is 10.6. The summed E-state index contributed by atoms with van der Waals surface area (Å²) in [7, 11) is 0. The summed E-state index contributed by atoms with van der Waals surface area (Å²) in [6.07, 6.45) is 5.84. The van der Waals surface area contributed by atoms with Gasteiger partial charge in [0, 0.05) is 36.2 Å². The first-order chi connectivity index (χ1) is 16.9. The van der Waals surface area contributed by atoms with Crippen molar-refractivity contribution in [2.45, 2.75) is 77.3 Å². The minimum atomic E-state index is -0.673. The Morgan fingerprint density at radius 3 is 2.71 bits per heavy atom. The van der Waals surface area contributed by atoms with Crippen molar-refractivity contribution in [1.29, 1.82) is 0 Å². The fraction of sp³-hybridized carbons (Fsp3) is 0.571. The number of aromatic amines is 1. The molecule has 7 nitrogen and oxygen atoms in total. The number of benzene rings is 1. The molecule has 7 heteroatoms. The van der Waals surface area contributed by atoms with Crippen molar-refractivity contribution in [3.05, 3.63) is 35.5 Å². The molecule has 186 valence electrons. The third-order valence-corrected chi connectivity index (χ3v) is 8.54. The van der Waals surface area contributed by atoms with Crippen LogP contribution in [0.5, 0.6) is 0 Å². The summed E-state index contributed by atoms with van der Waals surface area (Å²) in [5, 5.41) is 4.00. The molecule has 2 aromatic rings. The number of aryl methyl sites for hydroxylation is 1. The van der Waals surface area contributed by atoms with Crippen LogP contribution in [0.25, 0.3) is 10.9 Å². The Labute approximate surface area is 206 Å². The molecule has 2 amide bonds. The molecule has 5 rings (SSSR count). The van der Waals surface area contributed by atoms with E-state index in [2.05, 4.69) is 10.3 Å². The van der Waals surface area contributed by atoms with Crippen molar-refractivity contribution in [1.82, 2.24) is 15.2 Å². The number of Topliss-reactive ketones (excluding diaryl/α,β-unsaturated/α-hetero) is 2. The number of nitrogens with one attached hydrogen (secondary N) is 2. The molecular formula is C28H35N3O4. The number of amides is 2. The van der Waals surface area contributed by atoms with Crippen LogP contribution in [0.15, 0.2) is 24.3 Å². The fourth-order valence-electron chi connectivity index (χ4n) is 6.62. The molecule has 1 aromatic carbocycles. The Bertz CT molecular complexity index is 1170. The van der Waals surface area contributed by atoms with Crippen molar-refractivity contribution in [3.8, 4) is 0 Å². The maximum absolute atomic E-state index is 13.7.